The van der Waals surface area contributed by atoms with E-state index in [-0.39, 0.29) is 5.91 Å². The standard InChI is InChI=1S/C16H19ClN2O2/c1-3-8-18-15-7-5-12(17)9-14(15)16(20)19-10-13-6-4-11(2)21-13/h4-7,9,18H,3,8,10H2,1-2H3,(H,19,20). The number of carbonyl (C=O) groups excluding carboxylic acids is 1. The Morgan fingerprint density at radius 3 is 2.76 bits per heavy atom. The van der Waals surface area contributed by atoms with E-state index in [0.717, 1.165) is 30.2 Å². The molecule has 0 aliphatic heterocycles. The van der Waals surface area contributed by atoms with Gasteiger partial charge in [-0.25, -0.2) is 0 Å². The van der Waals surface area contributed by atoms with E-state index in [1.54, 1.807) is 12.1 Å². The maximum absolute atomic E-state index is 12.3. The maximum atomic E-state index is 12.3. The molecule has 2 aromatic rings. The van der Waals surface area contributed by atoms with E-state index in [2.05, 4.69) is 17.6 Å². The predicted octanol–water partition coefficient (Wildman–Crippen LogP) is 3.99. The van der Waals surface area contributed by atoms with E-state index in [1.165, 1.54) is 0 Å². The van der Waals surface area contributed by atoms with Gasteiger partial charge in [-0.3, -0.25) is 4.79 Å². The number of carbonyl (C=O) groups is 1. The highest BCUT2D eigenvalue weighted by atomic mass is 35.5. The predicted molar refractivity (Wildman–Crippen MR) is 84.8 cm³/mol. The van der Waals surface area contributed by atoms with Gasteiger partial charge < -0.3 is 15.1 Å². The van der Waals surface area contributed by atoms with E-state index >= 15 is 0 Å². The largest absolute Gasteiger partial charge is 0.465 e. The number of aryl methyl sites for hydroxylation is 1. The molecule has 112 valence electrons. The van der Waals surface area contributed by atoms with Crippen molar-refractivity contribution in [1.82, 2.24) is 5.32 Å². The highest BCUT2D eigenvalue weighted by molar-refractivity contribution is 6.31. The number of anilines is 1. The summed E-state index contributed by atoms with van der Waals surface area (Å²) in [5.74, 6) is 1.38. The van der Waals surface area contributed by atoms with Gasteiger partial charge in [0, 0.05) is 17.3 Å². The minimum atomic E-state index is -0.176. The molecule has 0 aliphatic rings. The molecule has 0 saturated carbocycles. The van der Waals surface area contributed by atoms with Crippen molar-refractivity contribution < 1.29 is 9.21 Å². The molecule has 1 amide bonds. The van der Waals surface area contributed by atoms with Crippen LogP contribution in [0.3, 0.4) is 0 Å². The summed E-state index contributed by atoms with van der Waals surface area (Å²) < 4.78 is 5.43. The van der Waals surface area contributed by atoms with Crippen molar-refractivity contribution in [2.45, 2.75) is 26.8 Å². The van der Waals surface area contributed by atoms with E-state index in [4.69, 9.17) is 16.0 Å². The van der Waals surface area contributed by atoms with Gasteiger partial charge in [0.2, 0.25) is 0 Å². The number of hydrogen-bond donors (Lipinski definition) is 2. The van der Waals surface area contributed by atoms with Crippen molar-refractivity contribution in [3.8, 4) is 0 Å². The summed E-state index contributed by atoms with van der Waals surface area (Å²) in [5.41, 5.74) is 1.33. The fourth-order valence-corrected chi connectivity index (χ4v) is 2.13. The number of nitrogens with one attached hydrogen (secondary N) is 2. The molecule has 0 saturated heterocycles. The van der Waals surface area contributed by atoms with Gasteiger partial charge in [-0.1, -0.05) is 18.5 Å². The average Bonchev–Trinajstić information content (AvgIpc) is 2.89. The number of amides is 1. The second-order valence-electron chi connectivity index (χ2n) is 4.81. The summed E-state index contributed by atoms with van der Waals surface area (Å²) in [6.07, 6.45) is 0.982. The first-order valence-electron chi connectivity index (χ1n) is 6.97. The molecule has 0 spiro atoms. The minimum absolute atomic E-state index is 0.176. The van der Waals surface area contributed by atoms with Crippen LogP contribution in [-0.4, -0.2) is 12.5 Å². The normalized spacial score (nSPS) is 10.4. The van der Waals surface area contributed by atoms with Crippen molar-refractivity contribution in [2.75, 3.05) is 11.9 Å². The lowest BCUT2D eigenvalue weighted by Gasteiger charge is -2.12. The second kappa shape index (κ2) is 7.18. The van der Waals surface area contributed by atoms with Crippen molar-refractivity contribution >= 4 is 23.2 Å². The molecule has 0 bridgehead atoms. The molecule has 1 heterocycles. The minimum Gasteiger partial charge on any atom is -0.465 e. The molecule has 4 nitrogen and oxygen atoms in total. The Hall–Kier alpha value is -1.94. The number of halogens is 1. The summed E-state index contributed by atoms with van der Waals surface area (Å²) in [7, 11) is 0. The Labute approximate surface area is 129 Å². The lowest BCUT2D eigenvalue weighted by atomic mass is 10.1. The van der Waals surface area contributed by atoms with Gasteiger partial charge in [0.1, 0.15) is 11.5 Å². The molecule has 0 fully saturated rings. The van der Waals surface area contributed by atoms with Gasteiger partial charge in [0.25, 0.3) is 5.91 Å². The highest BCUT2D eigenvalue weighted by Gasteiger charge is 2.12. The number of hydrogen-bond acceptors (Lipinski definition) is 3. The Bertz CT molecular complexity index is 622. The topological polar surface area (TPSA) is 54.3 Å². The second-order valence-corrected chi connectivity index (χ2v) is 5.25. The Morgan fingerprint density at radius 2 is 2.10 bits per heavy atom. The first kappa shape index (κ1) is 15.4. The van der Waals surface area contributed by atoms with Gasteiger partial charge in [-0.05, 0) is 43.7 Å². The monoisotopic (exact) mass is 306 g/mol. The molecule has 0 atom stereocenters. The van der Waals surface area contributed by atoms with Crippen molar-refractivity contribution in [1.29, 1.82) is 0 Å². The third kappa shape index (κ3) is 4.26. The number of benzene rings is 1. The quantitative estimate of drug-likeness (QED) is 0.848. The third-order valence-electron chi connectivity index (χ3n) is 3.01. The van der Waals surface area contributed by atoms with Crippen LogP contribution in [0.25, 0.3) is 0 Å². The van der Waals surface area contributed by atoms with Crippen molar-refractivity contribution in [3.05, 3.63) is 52.4 Å². The fourth-order valence-electron chi connectivity index (χ4n) is 1.96. The fraction of sp³-hybridized carbons (Fsp3) is 0.312. The SMILES string of the molecule is CCCNc1ccc(Cl)cc1C(=O)NCc1ccc(C)o1. The molecular weight excluding hydrogens is 288 g/mol. The van der Waals surface area contributed by atoms with Crippen LogP contribution in [0, 0.1) is 6.92 Å². The van der Waals surface area contributed by atoms with Crippen LogP contribution in [0.1, 0.15) is 35.2 Å². The first-order chi connectivity index (χ1) is 10.1. The third-order valence-corrected chi connectivity index (χ3v) is 3.25. The smallest absolute Gasteiger partial charge is 0.253 e. The zero-order valence-electron chi connectivity index (χ0n) is 12.2. The Kier molecular flexibility index (Phi) is 5.28. The average molecular weight is 307 g/mol. The Balaban J connectivity index is 2.08. The van der Waals surface area contributed by atoms with E-state index < -0.39 is 0 Å². The van der Waals surface area contributed by atoms with Gasteiger partial charge in [-0.2, -0.15) is 0 Å². The molecule has 1 aromatic carbocycles. The molecule has 0 aliphatic carbocycles. The van der Waals surface area contributed by atoms with Crippen LogP contribution in [0.2, 0.25) is 5.02 Å². The van der Waals surface area contributed by atoms with Crippen LogP contribution in [-0.2, 0) is 6.54 Å². The molecule has 21 heavy (non-hydrogen) atoms. The Morgan fingerprint density at radius 1 is 1.29 bits per heavy atom. The van der Waals surface area contributed by atoms with Crippen LogP contribution in [0.15, 0.2) is 34.7 Å². The maximum Gasteiger partial charge on any atom is 0.253 e. The zero-order valence-corrected chi connectivity index (χ0v) is 13.0. The van der Waals surface area contributed by atoms with E-state index in [0.29, 0.717) is 17.1 Å². The summed E-state index contributed by atoms with van der Waals surface area (Å²) >= 11 is 5.99. The van der Waals surface area contributed by atoms with Gasteiger partial charge >= 0.3 is 0 Å². The summed E-state index contributed by atoms with van der Waals surface area (Å²) in [6, 6.07) is 8.98. The van der Waals surface area contributed by atoms with Crippen LogP contribution in [0.4, 0.5) is 5.69 Å². The molecule has 2 rings (SSSR count). The molecule has 5 heteroatoms. The van der Waals surface area contributed by atoms with E-state index in [1.807, 2.05) is 25.1 Å². The van der Waals surface area contributed by atoms with Gasteiger partial charge in [-0.15, -0.1) is 0 Å². The van der Waals surface area contributed by atoms with Gasteiger partial charge in [0.05, 0.1) is 12.1 Å². The molecule has 1 aromatic heterocycles. The highest BCUT2D eigenvalue weighted by Crippen LogP contribution is 2.21. The summed E-state index contributed by atoms with van der Waals surface area (Å²) in [5, 5.41) is 6.61. The first-order valence-corrected chi connectivity index (χ1v) is 7.35. The number of rotatable bonds is 6. The van der Waals surface area contributed by atoms with Crippen molar-refractivity contribution in [2.24, 2.45) is 0 Å². The zero-order chi connectivity index (χ0) is 15.2. The van der Waals surface area contributed by atoms with Gasteiger partial charge in [0.15, 0.2) is 0 Å². The van der Waals surface area contributed by atoms with Crippen LogP contribution in [0.5, 0.6) is 0 Å². The number of furan rings is 1. The summed E-state index contributed by atoms with van der Waals surface area (Å²) in [4.78, 5) is 12.3. The molecule has 0 radical (unpaired) electrons. The van der Waals surface area contributed by atoms with Crippen molar-refractivity contribution in [3.63, 3.8) is 0 Å². The van der Waals surface area contributed by atoms with Crippen LogP contribution >= 0.6 is 11.6 Å². The molecule has 2 N–H and O–H groups in total. The summed E-state index contributed by atoms with van der Waals surface area (Å²) in [6.45, 7) is 5.10. The lowest BCUT2D eigenvalue weighted by molar-refractivity contribution is 0.0948. The lowest BCUT2D eigenvalue weighted by Crippen LogP contribution is -2.23. The van der Waals surface area contributed by atoms with Crippen LogP contribution < -0.4 is 10.6 Å². The van der Waals surface area contributed by atoms with E-state index in [9.17, 15) is 4.79 Å². The molecule has 0 unspecified atom stereocenters. The molecular formula is C16H19ClN2O2.